The molecule has 0 aromatic carbocycles. The van der Waals surface area contributed by atoms with Crippen molar-refractivity contribution in [2.45, 2.75) is 18.6 Å². The van der Waals surface area contributed by atoms with E-state index >= 15 is 0 Å². The van der Waals surface area contributed by atoms with Crippen LogP contribution in [0.1, 0.15) is 13.3 Å². The van der Waals surface area contributed by atoms with E-state index in [2.05, 4.69) is 12.6 Å². The van der Waals surface area contributed by atoms with Gasteiger partial charge in [0.1, 0.15) is 0 Å². The molecule has 0 aliphatic heterocycles. The molecule has 0 aliphatic rings. The van der Waals surface area contributed by atoms with E-state index in [-0.39, 0.29) is 95.1 Å². The molecule has 0 heterocycles. The number of carboxylic acids is 1. The zero-order valence-corrected chi connectivity index (χ0v) is 8.96. The van der Waals surface area contributed by atoms with Crippen molar-refractivity contribution in [3.8, 4) is 0 Å². The third-order valence-electron chi connectivity index (χ3n) is 1.69. The van der Waals surface area contributed by atoms with Crippen LogP contribution < -0.4 is 0 Å². The van der Waals surface area contributed by atoms with E-state index < -0.39 is 32.4 Å². The second kappa shape index (κ2) is 12.2. The van der Waals surface area contributed by atoms with Crippen LogP contribution in [0.25, 0.3) is 0 Å². The van der Waals surface area contributed by atoms with Gasteiger partial charge in [-0.3, -0.25) is 14.1 Å². The first-order valence-electron chi connectivity index (χ1n) is 3.63. The van der Waals surface area contributed by atoms with Gasteiger partial charge in [-0.2, -0.15) is 8.42 Å². The van der Waals surface area contributed by atoms with Crippen LogP contribution in [-0.2, 0) is 19.7 Å². The summed E-state index contributed by atoms with van der Waals surface area (Å²) in [6, 6.07) is 0. The molecular formula is C6H13Na3O6S2. The first-order chi connectivity index (χ1) is 6.21. The molecule has 0 bridgehead atoms. The Morgan fingerprint density at radius 1 is 1.24 bits per heavy atom. The summed E-state index contributed by atoms with van der Waals surface area (Å²) in [7, 11) is -4.79. The summed E-state index contributed by atoms with van der Waals surface area (Å²) in [5, 5.41) is 5.52. The SMILES string of the molecule is CCC(C(=O)S)C(C(=O)O)S(=O)(=O)O.[NaH].[NaH].[NaH]. The molecular weight excluding hydrogens is 301 g/mol. The van der Waals surface area contributed by atoms with Crippen molar-refractivity contribution >= 4 is 123 Å². The van der Waals surface area contributed by atoms with Gasteiger partial charge in [0.2, 0.25) is 0 Å². The van der Waals surface area contributed by atoms with Gasteiger partial charge < -0.3 is 5.11 Å². The van der Waals surface area contributed by atoms with Crippen LogP contribution in [0.4, 0.5) is 0 Å². The van der Waals surface area contributed by atoms with E-state index in [1.807, 2.05) is 0 Å². The van der Waals surface area contributed by atoms with Crippen LogP contribution in [0.3, 0.4) is 0 Å². The molecule has 0 radical (unpaired) electrons. The van der Waals surface area contributed by atoms with Crippen molar-refractivity contribution in [3.05, 3.63) is 0 Å². The van der Waals surface area contributed by atoms with Gasteiger partial charge in [-0.25, -0.2) is 0 Å². The van der Waals surface area contributed by atoms with E-state index in [4.69, 9.17) is 9.66 Å². The Bertz CT molecular complexity index is 344. The van der Waals surface area contributed by atoms with Crippen LogP contribution >= 0.6 is 12.6 Å². The molecule has 0 spiro atoms. The molecule has 0 saturated heterocycles. The zero-order chi connectivity index (χ0) is 11.5. The van der Waals surface area contributed by atoms with Crippen LogP contribution in [0.2, 0.25) is 0 Å². The predicted molar refractivity (Wildman–Crippen MR) is 72.2 cm³/mol. The van der Waals surface area contributed by atoms with Crippen LogP contribution in [0.5, 0.6) is 0 Å². The number of hydrogen-bond acceptors (Lipinski definition) is 4. The molecule has 0 saturated carbocycles. The topological polar surface area (TPSA) is 109 Å². The van der Waals surface area contributed by atoms with Crippen molar-refractivity contribution in [1.82, 2.24) is 0 Å². The molecule has 0 aromatic heterocycles. The summed E-state index contributed by atoms with van der Waals surface area (Å²) >= 11 is 3.36. The van der Waals surface area contributed by atoms with Crippen molar-refractivity contribution in [1.29, 1.82) is 0 Å². The van der Waals surface area contributed by atoms with E-state index in [9.17, 15) is 18.0 Å². The Morgan fingerprint density at radius 3 is 1.65 bits per heavy atom. The molecule has 11 heteroatoms. The first kappa shape index (κ1) is 27.7. The Morgan fingerprint density at radius 2 is 1.59 bits per heavy atom. The second-order valence-electron chi connectivity index (χ2n) is 2.63. The molecule has 2 atom stereocenters. The standard InChI is InChI=1S/C6H10O6S2.3Na.3H/c1-2-3(6(9)13)4(5(7)8)14(10,11)12;;;;;;/h3-4H,2H2,1H3,(H,7,8)(H,9,13)(H,10,11,12);;;;;;. The summed E-state index contributed by atoms with van der Waals surface area (Å²) in [5.41, 5.74) is 0. The molecule has 6 nitrogen and oxygen atoms in total. The van der Waals surface area contributed by atoms with Gasteiger partial charge in [0, 0.05) is 0 Å². The molecule has 0 aliphatic carbocycles. The average molecular weight is 314 g/mol. The Kier molecular flexibility index (Phi) is 19.8. The summed E-state index contributed by atoms with van der Waals surface area (Å²) in [5.74, 6) is -3.10. The van der Waals surface area contributed by atoms with Gasteiger partial charge in [-0.05, 0) is 6.42 Å². The van der Waals surface area contributed by atoms with Gasteiger partial charge >= 0.3 is 94.6 Å². The third kappa shape index (κ3) is 9.86. The Hall–Kier alpha value is 2.40. The van der Waals surface area contributed by atoms with Crippen LogP contribution in [0, 0.1) is 5.92 Å². The van der Waals surface area contributed by atoms with Gasteiger partial charge in [0.15, 0.2) is 10.4 Å². The van der Waals surface area contributed by atoms with Crippen molar-refractivity contribution in [2.75, 3.05) is 0 Å². The average Bonchev–Trinajstić information content (AvgIpc) is 1.95. The number of carboxylic acid groups (broad SMARTS) is 1. The Labute approximate surface area is 172 Å². The minimum absolute atomic E-state index is 0. The Balaban J connectivity index is -0.000000282. The van der Waals surface area contributed by atoms with Crippen molar-refractivity contribution < 1.29 is 27.7 Å². The summed E-state index contributed by atoms with van der Waals surface area (Å²) in [6.07, 6.45) is -0.0287. The summed E-state index contributed by atoms with van der Waals surface area (Å²) < 4.78 is 29.9. The number of rotatable bonds is 5. The fraction of sp³-hybridized carbons (Fsp3) is 0.667. The van der Waals surface area contributed by atoms with Crippen LogP contribution in [0.15, 0.2) is 0 Å². The van der Waals surface area contributed by atoms with Gasteiger partial charge in [0.05, 0.1) is 5.92 Å². The third-order valence-corrected chi connectivity index (χ3v) is 3.19. The fourth-order valence-corrected chi connectivity index (χ4v) is 2.44. The second-order valence-corrected chi connectivity index (χ2v) is 4.61. The normalized spacial score (nSPS) is 13.1. The van der Waals surface area contributed by atoms with E-state index in [0.717, 1.165) is 0 Å². The minimum atomic E-state index is -4.79. The molecule has 0 amide bonds. The van der Waals surface area contributed by atoms with Crippen molar-refractivity contribution in [2.24, 2.45) is 5.92 Å². The number of thiol groups is 1. The quantitative estimate of drug-likeness (QED) is 0.304. The van der Waals surface area contributed by atoms with E-state index in [1.54, 1.807) is 0 Å². The predicted octanol–water partition coefficient (Wildman–Crippen LogP) is -2.14. The maximum absolute atomic E-state index is 10.8. The number of aliphatic carboxylic acids is 1. The van der Waals surface area contributed by atoms with Gasteiger partial charge in [-0.15, -0.1) is 12.6 Å². The molecule has 2 unspecified atom stereocenters. The van der Waals surface area contributed by atoms with Gasteiger partial charge in [-0.1, -0.05) is 6.92 Å². The summed E-state index contributed by atoms with van der Waals surface area (Å²) in [4.78, 5) is 21.3. The van der Waals surface area contributed by atoms with Gasteiger partial charge in [0.25, 0.3) is 10.1 Å². The monoisotopic (exact) mass is 314 g/mol. The number of carbonyl (C=O) groups excluding carboxylic acids is 1. The molecule has 2 N–H and O–H groups in total. The molecule has 0 aromatic rings. The number of hydrogen-bond donors (Lipinski definition) is 3. The molecule has 17 heavy (non-hydrogen) atoms. The van der Waals surface area contributed by atoms with Crippen molar-refractivity contribution in [3.63, 3.8) is 0 Å². The maximum atomic E-state index is 10.8. The molecule has 0 rings (SSSR count). The molecule has 88 valence electrons. The van der Waals surface area contributed by atoms with E-state index in [0.29, 0.717) is 0 Å². The molecule has 0 fully saturated rings. The summed E-state index contributed by atoms with van der Waals surface area (Å²) in [6.45, 7) is 1.43. The number of carbonyl (C=O) groups is 2. The van der Waals surface area contributed by atoms with E-state index in [1.165, 1.54) is 6.92 Å². The zero-order valence-electron chi connectivity index (χ0n) is 7.24. The van der Waals surface area contributed by atoms with Crippen LogP contribution in [-0.4, -0.2) is 123 Å². The first-order valence-corrected chi connectivity index (χ1v) is 5.58. The fourth-order valence-electron chi connectivity index (χ4n) is 1.03.